The predicted molar refractivity (Wildman–Crippen MR) is 76.8 cm³/mol. The van der Waals surface area contributed by atoms with E-state index < -0.39 is 12.0 Å². The lowest BCUT2D eigenvalue weighted by atomic mass is 10.0. The fourth-order valence-electron chi connectivity index (χ4n) is 1.92. The number of hydroxylamine groups is 1. The number of benzene rings is 2. The third-order valence-corrected chi connectivity index (χ3v) is 3.04. The first-order chi connectivity index (χ1) is 10.2. The Kier molecular flexibility index (Phi) is 4.54. The molecule has 0 bridgehead atoms. The molecule has 2 aromatic rings. The Labute approximate surface area is 122 Å². The molecular formula is C16H14N2O3. The average Bonchev–Trinajstić information content (AvgIpc) is 2.56. The van der Waals surface area contributed by atoms with Crippen molar-refractivity contribution in [3.63, 3.8) is 0 Å². The van der Waals surface area contributed by atoms with Gasteiger partial charge in [0.05, 0.1) is 24.4 Å². The van der Waals surface area contributed by atoms with Crippen LogP contribution < -0.4 is 5.06 Å². The number of esters is 1. The number of rotatable bonds is 4. The quantitative estimate of drug-likeness (QED) is 0.689. The second-order valence-electron chi connectivity index (χ2n) is 4.33. The van der Waals surface area contributed by atoms with Crippen LogP contribution in [0.3, 0.4) is 0 Å². The Morgan fingerprint density at radius 1 is 1.19 bits per heavy atom. The van der Waals surface area contributed by atoms with Gasteiger partial charge in [0.1, 0.15) is 0 Å². The van der Waals surface area contributed by atoms with Gasteiger partial charge in [0.2, 0.25) is 0 Å². The Morgan fingerprint density at radius 3 is 2.33 bits per heavy atom. The van der Waals surface area contributed by atoms with Crippen LogP contribution in [0.4, 0.5) is 5.69 Å². The first-order valence-corrected chi connectivity index (χ1v) is 6.28. The molecule has 1 unspecified atom stereocenters. The van der Waals surface area contributed by atoms with Crippen LogP contribution in [0.2, 0.25) is 0 Å². The molecule has 106 valence electrons. The maximum absolute atomic E-state index is 11.4. The number of hydrogen-bond donors (Lipinski definition) is 1. The molecular weight excluding hydrogens is 268 g/mol. The maximum atomic E-state index is 11.4. The van der Waals surface area contributed by atoms with Crippen molar-refractivity contribution < 1.29 is 14.7 Å². The molecule has 0 aliphatic carbocycles. The van der Waals surface area contributed by atoms with Crippen LogP contribution in [-0.2, 0) is 4.74 Å². The van der Waals surface area contributed by atoms with Crippen LogP contribution in [0.5, 0.6) is 0 Å². The van der Waals surface area contributed by atoms with Gasteiger partial charge in [-0.2, -0.15) is 5.26 Å². The van der Waals surface area contributed by atoms with Gasteiger partial charge in [-0.15, -0.1) is 0 Å². The van der Waals surface area contributed by atoms with E-state index in [1.165, 1.54) is 7.11 Å². The Morgan fingerprint density at radius 2 is 1.81 bits per heavy atom. The summed E-state index contributed by atoms with van der Waals surface area (Å²) in [6, 6.07) is 16.3. The number of para-hydroxylation sites is 1. The van der Waals surface area contributed by atoms with Crippen molar-refractivity contribution in [3.8, 4) is 6.07 Å². The number of ether oxygens (including phenoxy) is 1. The second-order valence-corrected chi connectivity index (χ2v) is 4.33. The zero-order chi connectivity index (χ0) is 15.2. The van der Waals surface area contributed by atoms with E-state index in [1.807, 2.05) is 12.1 Å². The zero-order valence-corrected chi connectivity index (χ0v) is 11.4. The molecule has 0 aromatic heterocycles. The van der Waals surface area contributed by atoms with E-state index in [0.29, 0.717) is 16.8 Å². The molecule has 0 aliphatic rings. The van der Waals surface area contributed by atoms with Crippen molar-refractivity contribution >= 4 is 11.7 Å². The highest BCUT2D eigenvalue weighted by atomic mass is 16.5. The average molecular weight is 282 g/mol. The van der Waals surface area contributed by atoms with Gasteiger partial charge in [0.25, 0.3) is 0 Å². The second kappa shape index (κ2) is 6.55. The van der Waals surface area contributed by atoms with E-state index in [-0.39, 0.29) is 0 Å². The summed E-state index contributed by atoms with van der Waals surface area (Å²) >= 11 is 0. The van der Waals surface area contributed by atoms with E-state index in [2.05, 4.69) is 4.74 Å². The van der Waals surface area contributed by atoms with Crippen molar-refractivity contribution in [1.82, 2.24) is 0 Å². The summed E-state index contributed by atoms with van der Waals surface area (Å²) in [4.78, 5) is 11.4. The Hall–Kier alpha value is -2.84. The van der Waals surface area contributed by atoms with Crippen LogP contribution in [0.25, 0.3) is 0 Å². The lowest BCUT2D eigenvalue weighted by Gasteiger charge is -2.22. The van der Waals surface area contributed by atoms with E-state index in [9.17, 15) is 15.3 Å². The molecule has 2 aromatic carbocycles. The van der Waals surface area contributed by atoms with E-state index in [4.69, 9.17) is 0 Å². The van der Waals surface area contributed by atoms with Gasteiger partial charge in [-0.3, -0.25) is 5.21 Å². The third-order valence-electron chi connectivity index (χ3n) is 3.04. The van der Waals surface area contributed by atoms with Gasteiger partial charge in [-0.25, -0.2) is 9.86 Å². The zero-order valence-electron chi connectivity index (χ0n) is 11.4. The monoisotopic (exact) mass is 282 g/mol. The smallest absolute Gasteiger partial charge is 0.337 e. The maximum Gasteiger partial charge on any atom is 0.337 e. The standard InChI is InChI=1S/C16H14N2O3/c1-21-16(19)13-9-7-12(8-10-13)15(11-17)18(20)14-5-3-2-4-6-14/h2-10,15,20H,1H3. The number of anilines is 1. The van der Waals surface area contributed by atoms with Gasteiger partial charge >= 0.3 is 5.97 Å². The topological polar surface area (TPSA) is 73.6 Å². The molecule has 0 aliphatic heterocycles. The van der Waals surface area contributed by atoms with Crippen LogP contribution in [0, 0.1) is 11.3 Å². The predicted octanol–water partition coefficient (Wildman–Crippen LogP) is 2.93. The Bertz CT molecular complexity index is 647. The fraction of sp³-hybridized carbons (Fsp3) is 0.125. The van der Waals surface area contributed by atoms with E-state index in [1.54, 1.807) is 48.5 Å². The number of carbonyl (C=O) groups is 1. The molecule has 0 spiro atoms. The Balaban J connectivity index is 2.26. The lowest BCUT2D eigenvalue weighted by molar-refractivity contribution is 0.0600. The summed E-state index contributed by atoms with van der Waals surface area (Å²) in [5.74, 6) is -0.445. The summed E-state index contributed by atoms with van der Waals surface area (Å²) in [7, 11) is 1.30. The molecule has 1 N–H and O–H groups in total. The van der Waals surface area contributed by atoms with Crippen molar-refractivity contribution in [2.75, 3.05) is 12.2 Å². The van der Waals surface area contributed by atoms with Crippen molar-refractivity contribution in [1.29, 1.82) is 5.26 Å². The lowest BCUT2D eigenvalue weighted by Crippen LogP contribution is -2.23. The molecule has 5 nitrogen and oxygen atoms in total. The number of carbonyl (C=O) groups excluding carboxylic acids is 1. The SMILES string of the molecule is COC(=O)c1ccc(C(C#N)N(O)c2ccccc2)cc1. The molecule has 0 amide bonds. The minimum Gasteiger partial charge on any atom is -0.465 e. The summed E-state index contributed by atoms with van der Waals surface area (Å²) in [5, 5.41) is 20.4. The molecule has 0 heterocycles. The molecule has 0 saturated carbocycles. The minimum absolute atomic E-state index is 0.391. The normalized spacial score (nSPS) is 11.3. The number of nitriles is 1. The van der Waals surface area contributed by atoms with Gasteiger partial charge in [0, 0.05) is 0 Å². The van der Waals surface area contributed by atoms with E-state index in [0.717, 1.165) is 5.06 Å². The van der Waals surface area contributed by atoms with Gasteiger partial charge < -0.3 is 4.74 Å². The van der Waals surface area contributed by atoms with Crippen molar-refractivity contribution in [2.45, 2.75) is 6.04 Å². The van der Waals surface area contributed by atoms with Crippen LogP contribution in [0.15, 0.2) is 54.6 Å². The summed E-state index contributed by atoms with van der Waals surface area (Å²) in [6.45, 7) is 0. The summed E-state index contributed by atoms with van der Waals surface area (Å²) in [5.41, 5.74) is 1.49. The number of methoxy groups -OCH3 is 1. The first-order valence-electron chi connectivity index (χ1n) is 6.28. The highest BCUT2D eigenvalue weighted by Crippen LogP contribution is 2.25. The molecule has 5 heteroatoms. The first kappa shape index (κ1) is 14.6. The molecule has 0 fully saturated rings. The molecule has 0 radical (unpaired) electrons. The van der Waals surface area contributed by atoms with Crippen molar-refractivity contribution in [3.05, 3.63) is 65.7 Å². The molecule has 1 atom stereocenters. The number of nitrogens with zero attached hydrogens (tertiary/aromatic N) is 2. The number of hydrogen-bond acceptors (Lipinski definition) is 5. The van der Waals surface area contributed by atoms with Crippen LogP contribution in [0.1, 0.15) is 22.0 Å². The third kappa shape index (κ3) is 3.19. The van der Waals surface area contributed by atoms with Crippen molar-refractivity contribution in [2.24, 2.45) is 0 Å². The highest BCUT2D eigenvalue weighted by molar-refractivity contribution is 5.89. The largest absolute Gasteiger partial charge is 0.465 e. The fourth-order valence-corrected chi connectivity index (χ4v) is 1.92. The van der Waals surface area contributed by atoms with Crippen LogP contribution in [-0.4, -0.2) is 18.3 Å². The summed E-state index contributed by atoms with van der Waals surface area (Å²) in [6.07, 6.45) is 0. The van der Waals surface area contributed by atoms with Gasteiger partial charge in [0.15, 0.2) is 6.04 Å². The van der Waals surface area contributed by atoms with Gasteiger partial charge in [-0.05, 0) is 29.8 Å². The molecule has 2 rings (SSSR count). The van der Waals surface area contributed by atoms with Crippen LogP contribution >= 0.6 is 0 Å². The summed E-state index contributed by atoms with van der Waals surface area (Å²) < 4.78 is 4.62. The highest BCUT2D eigenvalue weighted by Gasteiger charge is 2.19. The minimum atomic E-state index is -0.862. The molecule has 0 saturated heterocycles. The van der Waals surface area contributed by atoms with Gasteiger partial charge in [-0.1, -0.05) is 30.3 Å². The van der Waals surface area contributed by atoms with E-state index >= 15 is 0 Å². The molecule has 21 heavy (non-hydrogen) atoms.